The van der Waals surface area contributed by atoms with E-state index in [1.54, 1.807) is 25.7 Å². The number of ether oxygens (including phenoxy) is 1. The van der Waals surface area contributed by atoms with E-state index in [1.165, 1.54) is 0 Å². The van der Waals surface area contributed by atoms with E-state index in [2.05, 4.69) is 5.32 Å². The van der Waals surface area contributed by atoms with E-state index in [0.29, 0.717) is 6.54 Å². The van der Waals surface area contributed by atoms with Crippen LogP contribution in [0.3, 0.4) is 0 Å². The van der Waals surface area contributed by atoms with E-state index in [9.17, 15) is 19.5 Å². The SMILES string of the molecule is CC(C)[C@H](NC(=O)OC(C)(C)C)C(=O)N1C[C@H]2CCCC[C@H]2[C@@H](C(=O)O)C1. The summed E-state index contributed by atoms with van der Waals surface area (Å²) in [6.07, 6.45) is 3.40. The van der Waals surface area contributed by atoms with Gasteiger partial charge in [0.05, 0.1) is 5.92 Å². The van der Waals surface area contributed by atoms with Gasteiger partial charge in [0, 0.05) is 13.1 Å². The number of carbonyl (C=O) groups excluding carboxylic acids is 2. The first-order chi connectivity index (χ1) is 12.5. The van der Waals surface area contributed by atoms with Crippen LogP contribution in [0.4, 0.5) is 4.79 Å². The average molecular weight is 383 g/mol. The number of hydrogen-bond donors (Lipinski definition) is 2. The molecular weight excluding hydrogens is 348 g/mol. The molecule has 1 saturated heterocycles. The number of aliphatic carboxylic acids is 1. The highest BCUT2D eigenvalue weighted by molar-refractivity contribution is 5.86. The molecule has 1 aliphatic carbocycles. The summed E-state index contributed by atoms with van der Waals surface area (Å²) in [5.41, 5.74) is -0.649. The highest BCUT2D eigenvalue weighted by Gasteiger charge is 2.44. The second kappa shape index (κ2) is 8.48. The van der Waals surface area contributed by atoms with Gasteiger partial charge in [-0.3, -0.25) is 9.59 Å². The molecular formula is C20H34N2O5. The lowest BCUT2D eigenvalue weighted by Gasteiger charge is -2.45. The van der Waals surface area contributed by atoms with Crippen LogP contribution in [0.5, 0.6) is 0 Å². The molecule has 7 nitrogen and oxygen atoms in total. The first kappa shape index (κ1) is 21.5. The maximum atomic E-state index is 13.1. The molecule has 2 aliphatic rings. The molecule has 1 aliphatic heterocycles. The number of fused-ring (bicyclic) bond motifs is 1. The van der Waals surface area contributed by atoms with E-state index >= 15 is 0 Å². The number of carbonyl (C=O) groups is 3. The van der Waals surface area contributed by atoms with Gasteiger partial charge in [-0.2, -0.15) is 0 Å². The molecule has 2 fully saturated rings. The zero-order valence-electron chi connectivity index (χ0n) is 17.2. The van der Waals surface area contributed by atoms with Gasteiger partial charge in [-0.05, 0) is 51.4 Å². The third-order valence-corrected chi connectivity index (χ3v) is 5.59. The van der Waals surface area contributed by atoms with Crippen LogP contribution in [-0.2, 0) is 14.3 Å². The standard InChI is InChI=1S/C20H34N2O5/c1-12(2)16(21-19(26)27-20(3,4)5)17(23)22-10-13-8-6-7-9-14(13)15(11-22)18(24)25/h12-16H,6-11H2,1-5H3,(H,21,26)(H,24,25)/t13-,14-,15+,16+/m1/s1. The average Bonchev–Trinajstić information content (AvgIpc) is 2.56. The summed E-state index contributed by atoms with van der Waals surface area (Å²) in [7, 11) is 0. The number of carboxylic acids is 1. The van der Waals surface area contributed by atoms with Crippen LogP contribution in [-0.4, -0.2) is 52.7 Å². The Morgan fingerprint density at radius 3 is 2.30 bits per heavy atom. The smallest absolute Gasteiger partial charge is 0.408 e. The van der Waals surface area contributed by atoms with Crippen molar-refractivity contribution in [1.82, 2.24) is 10.2 Å². The molecule has 2 amide bonds. The van der Waals surface area contributed by atoms with Crippen LogP contribution >= 0.6 is 0 Å². The molecule has 0 radical (unpaired) electrons. The van der Waals surface area contributed by atoms with E-state index in [-0.39, 0.29) is 30.2 Å². The Bertz CT molecular complexity index is 569. The summed E-state index contributed by atoms with van der Waals surface area (Å²) in [5.74, 6) is -1.32. The summed E-state index contributed by atoms with van der Waals surface area (Å²) in [6, 6.07) is -0.727. The highest BCUT2D eigenvalue weighted by Crippen LogP contribution is 2.39. The molecule has 2 rings (SSSR count). The van der Waals surface area contributed by atoms with Crippen molar-refractivity contribution in [2.45, 2.75) is 71.9 Å². The number of amides is 2. The number of piperidine rings is 1. The maximum Gasteiger partial charge on any atom is 0.408 e. The monoisotopic (exact) mass is 382 g/mol. The Morgan fingerprint density at radius 2 is 1.74 bits per heavy atom. The molecule has 154 valence electrons. The van der Waals surface area contributed by atoms with Gasteiger partial charge in [0.25, 0.3) is 0 Å². The van der Waals surface area contributed by atoms with Crippen molar-refractivity contribution in [1.29, 1.82) is 0 Å². The van der Waals surface area contributed by atoms with Gasteiger partial charge in [0.1, 0.15) is 11.6 Å². The van der Waals surface area contributed by atoms with Crippen molar-refractivity contribution in [3.63, 3.8) is 0 Å². The van der Waals surface area contributed by atoms with Gasteiger partial charge in [-0.15, -0.1) is 0 Å². The fraction of sp³-hybridized carbons (Fsp3) is 0.850. The van der Waals surface area contributed by atoms with Crippen molar-refractivity contribution in [3.05, 3.63) is 0 Å². The molecule has 27 heavy (non-hydrogen) atoms. The van der Waals surface area contributed by atoms with Crippen molar-refractivity contribution in [3.8, 4) is 0 Å². The molecule has 0 aromatic carbocycles. The fourth-order valence-electron chi connectivity index (χ4n) is 4.31. The Hall–Kier alpha value is -1.79. The summed E-state index contributed by atoms with van der Waals surface area (Å²) >= 11 is 0. The summed E-state index contributed by atoms with van der Waals surface area (Å²) in [4.78, 5) is 38.7. The number of nitrogens with zero attached hydrogens (tertiary/aromatic N) is 1. The van der Waals surface area contributed by atoms with Crippen LogP contribution in [0.1, 0.15) is 60.3 Å². The van der Waals surface area contributed by atoms with Gasteiger partial charge in [0.15, 0.2) is 0 Å². The lowest BCUT2D eigenvalue weighted by molar-refractivity contribution is -0.153. The number of nitrogens with one attached hydrogen (secondary N) is 1. The molecule has 4 atom stereocenters. The Labute approximate surface area is 161 Å². The molecule has 0 aromatic heterocycles. The van der Waals surface area contributed by atoms with Crippen LogP contribution < -0.4 is 5.32 Å². The third-order valence-electron chi connectivity index (χ3n) is 5.59. The van der Waals surface area contributed by atoms with Gasteiger partial charge >= 0.3 is 12.1 Å². The van der Waals surface area contributed by atoms with Crippen molar-refractivity contribution in [2.24, 2.45) is 23.7 Å². The summed E-state index contributed by atoms with van der Waals surface area (Å²) < 4.78 is 5.29. The predicted octanol–water partition coefficient (Wildman–Crippen LogP) is 2.89. The van der Waals surface area contributed by atoms with E-state index in [0.717, 1.165) is 25.7 Å². The molecule has 7 heteroatoms. The van der Waals surface area contributed by atoms with Gasteiger partial charge < -0.3 is 20.1 Å². The summed E-state index contributed by atoms with van der Waals surface area (Å²) in [5, 5.41) is 12.4. The normalized spacial score (nSPS) is 26.9. The largest absolute Gasteiger partial charge is 0.481 e. The number of rotatable bonds is 4. The minimum atomic E-state index is -0.828. The molecule has 0 bridgehead atoms. The number of alkyl carbamates (subject to hydrolysis) is 1. The zero-order chi connectivity index (χ0) is 20.4. The Balaban J connectivity index is 2.12. The van der Waals surface area contributed by atoms with Crippen molar-refractivity contribution >= 4 is 18.0 Å². The van der Waals surface area contributed by atoms with Crippen LogP contribution in [0.15, 0.2) is 0 Å². The van der Waals surface area contributed by atoms with Crippen molar-refractivity contribution < 1.29 is 24.2 Å². The topological polar surface area (TPSA) is 95.9 Å². The second-order valence-corrected chi connectivity index (χ2v) is 9.26. The highest BCUT2D eigenvalue weighted by atomic mass is 16.6. The van der Waals surface area contributed by atoms with Crippen molar-refractivity contribution in [2.75, 3.05) is 13.1 Å². The first-order valence-electron chi connectivity index (χ1n) is 10.0. The minimum absolute atomic E-state index is 0.127. The van der Waals surface area contributed by atoms with Gasteiger partial charge in [-0.25, -0.2) is 4.79 Å². The maximum absolute atomic E-state index is 13.1. The van der Waals surface area contributed by atoms with E-state index in [1.807, 2.05) is 13.8 Å². The molecule has 1 heterocycles. The lowest BCUT2D eigenvalue weighted by atomic mass is 9.69. The zero-order valence-corrected chi connectivity index (χ0v) is 17.2. The molecule has 2 N–H and O–H groups in total. The predicted molar refractivity (Wildman–Crippen MR) is 101 cm³/mol. The fourth-order valence-corrected chi connectivity index (χ4v) is 4.31. The number of carboxylic acid groups (broad SMARTS) is 1. The molecule has 0 spiro atoms. The minimum Gasteiger partial charge on any atom is -0.481 e. The molecule has 0 unspecified atom stereocenters. The van der Waals surface area contributed by atoms with Gasteiger partial charge in [-0.1, -0.05) is 26.7 Å². The summed E-state index contributed by atoms with van der Waals surface area (Å²) in [6.45, 7) is 9.82. The molecule has 1 saturated carbocycles. The van der Waals surface area contributed by atoms with E-state index in [4.69, 9.17) is 4.74 Å². The van der Waals surface area contributed by atoms with Crippen LogP contribution in [0.25, 0.3) is 0 Å². The number of likely N-dealkylation sites (tertiary alicyclic amines) is 1. The second-order valence-electron chi connectivity index (χ2n) is 9.26. The van der Waals surface area contributed by atoms with Gasteiger partial charge in [0.2, 0.25) is 5.91 Å². The van der Waals surface area contributed by atoms with Crippen LogP contribution in [0.2, 0.25) is 0 Å². The number of hydrogen-bond acceptors (Lipinski definition) is 4. The Kier molecular flexibility index (Phi) is 6.76. The first-order valence-corrected chi connectivity index (χ1v) is 10.0. The quantitative estimate of drug-likeness (QED) is 0.779. The Morgan fingerprint density at radius 1 is 1.11 bits per heavy atom. The van der Waals surface area contributed by atoms with Crippen LogP contribution in [0, 0.1) is 23.7 Å². The third kappa shape index (κ3) is 5.59. The molecule has 0 aromatic rings. The lowest BCUT2D eigenvalue weighted by Crippen LogP contribution is -2.58. The van der Waals surface area contributed by atoms with E-state index < -0.39 is 29.6 Å².